The summed E-state index contributed by atoms with van der Waals surface area (Å²) in [6.07, 6.45) is 12.8. The molecular formula is C57H93BFN7O14SU-. The van der Waals surface area contributed by atoms with E-state index < -0.39 is 52.2 Å². The first-order chi connectivity index (χ1) is 38.5. The van der Waals surface area contributed by atoms with Crippen molar-refractivity contribution in [3.63, 3.8) is 0 Å². The number of aliphatic carboxylic acids is 2. The van der Waals surface area contributed by atoms with Gasteiger partial charge in [-0.2, -0.15) is 14.8 Å². The van der Waals surface area contributed by atoms with Gasteiger partial charge in [0.2, 0.25) is 23.6 Å². The van der Waals surface area contributed by atoms with E-state index in [1.165, 1.54) is 24.3 Å². The molecule has 2 aromatic rings. The van der Waals surface area contributed by atoms with E-state index in [2.05, 4.69) is 58.0 Å². The fourth-order valence-electron chi connectivity index (χ4n) is 8.23. The van der Waals surface area contributed by atoms with Crippen LogP contribution in [-0.4, -0.2) is 164 Å². The summed E-state index contributed by atoms with van der Waals surface area (Å²) in [4.78, 5) is 100. The maximum atomic E-state index is 13.5. The standard InChI is InChI=1S/C40H59BFN6O9S.C8H17NO2.C6H12O2.C3H5O.U/c1-4-6-9-24-47(23-5-2)28-37(50)43-22-8-7-14-34(46-36(49)21-18-30-16-19-33(20-17-30)57-58(42,55)56)39(52)44-27-31-12-10-13-32(26-31)38(51)45-29(3)40(53)48-25-11-15-35(48)41-54;1-3-5-9(6-4-2)7-8(10)11;1-3-5(2)4-6(7)8;1-2-3-4;/h10,12-13,16-17,19-20,26,29,34-35,54H,4-9,11,14-15,18,21-25,27-28H2,1-3H3,(H,43,50)(H,44,52)(H,45,51)(H,46,49);3-7H2,1-2H3,(H,10,11);5H,3-4H2,1-2H3,(H,7,8);2H2,1H3;/q;;;-1;. The summed E-state index contributed by atoms with van der Waals surface area (Å²) >= 11 is 0. The van der Waals surface area contributed by atoms with Crippen molar-refractivity contribution in [1.82, 2.24) is 36.0 Å². The second-order valence-electron chi connectivity index (χ2n) is 19.9. The van der Waals surface area contributed by atoms with E-state index in [0.717, 1.165) is 85.0 Å². The second kappa shape index (κ2) is 47.4. The van der Waals surface area contributed by atoms with E-state index in [1.54, 1.807) is 49.3 Å². The fourth-order valence-corrected chi connectivity index (χ4v) is 8.58. The van der Waals surface area contributed by atoms with Crippen molar-refractivity contribution in [1.29, 1.82) is 0 Å². The Kier molecular flexibility index (Phi) is 45.8. The molecule has 1 aliphatic rings. The van der Waals surface area contributed by atoms with Gasteiger partial charge in [0.1, 0.15) is 17.8 Å². The number of halogens is 1. The molecule has 0 bridgehead atoms. The summed E-state index contributed by atoms with van der Waals surface area (Å²) < 4.78 is 38.6. The van der Waals surface area contributed by atoms with Crippen molar-refractivity contribution in [2.24, 2.45) is 5.92 Å². The molecule has 0 aromatic heterocycles. The van der Waals surface area contributed by atoms with Gasteiger partial charge in [0.05, 0.1) is 13.1 Å². The van der Waals surface area contributed by atoms with Crippen molar-refractivity contribution >= 4 is 65.7 Å². The molecule has 4 unspecified atom stereocenters. The van der Waals surface area contributed by atoms with Crippen LogP contribution in [0, 0.1) is 37.0 Å². The number of carboxylic acid groups (broad SMARTS) is 2. The molecule has 4 atom stereocenters. The van der Waals surface area contributed by atoms with Gasteiger partial charge < -0.3 is 50.4 Å². The molecule has 1 radical (unpaired) electrons. The van der Waals surface area contributed by atoms with Gasteiger partial charge >= 0.3 is 29.9 Å². The van der Waals surface area contributed by atoms with Crippen LogP contribution < -0.4 is 25.5 Å². The van der Waals surface area contributed by atoms with Gasteiger partial charge in [0, 0.05) is 75.1 Å². The van der Waals surface area contributed by atoms with E-state index in [1.807, 2.05) is 18.7 Å². The molecular weight excluding hydrogens is 1310 g/mol. The number of rotatable bonds is 36. The van der Waals surface area contributed by atoms with Crippen LogP contribution in [0.2, 0.25) is 0 Å². The average molecular weight is 1400 g/mol. The first kappa shape index (κ1) is 79.1. The Labute approximate surface area is 511 Å². The van der Waals surface area contributed by atoms with E-state index in [4.69, 9.17) is 15.0 Å². The number of benzene rings is 2. The summed E-state index contributed by atoms with van der Waals surface area (Å²) in [5.41, 5.74) is 1.56. The van der Waals surface area contributed by atoms with Crippen LogP contribution in [0.4, 0.5) is 3.89 Å². The average Bonchev–Trinajstić information content (AvgIpc) is 3.92. The molecule has 0 aliphatic carbocycles. The zero-order valence-electron chi connectivity index (χ0n) is 49.6. The quantitative estimate of drug-likeness (QED) is 0.0176. The minimum absolute atomic E-state index is 0. The Morgan fingerprint density at radius 3 is 1.94 bits per heavy atom. The van der Waals surface area contributed by atoms with Gasteiger partial charge in [-0.1, -0.05) is 95.9 Å². The van der Waals surface area contributed by atoms with Gasteiger partial charge in [-0.25, -0.2) is 0 Å². The van der Waals surface area contributed by atoms with Crippen LogP contribution in [0.15, 0.2) is 48.5 Å². The monoisotopic (exact) mass is 1400 g/mol. The number of aryl methyl sites for hydroxylation is 1. The second-order valence-corrected chi connectivity index (χ2v) is 20.8. The molecule has 1 fully saturated rings. The zero-order valence-corrected chi connectivity index (χ0v) is 54.6. The Morgan fingerprint density at radius 2 is 1.41 bits per heavy atom. The number of carbonyl (C=O) groups excluding carboxylic acids is 6. The van der Waals surface area contributed by atoms with Crippen molar-refractivity contribution in [2.75, 3.05) is 52.4 Å². The van der Waals surface area contributed by atoms with Crippen LogP contribution in [0.1, 0.15) is 173 Å². The molecule has 0 saturated carbocycles. The van der Waals surface area contributed by atoms with Crippen molar-refractivity contribution in [3.05, 3.63) is 65.2 Å². The number of amides is 5. The predicted molar refractivity (Wildman–Crippen MR) is 311 cm³/mol. The Balaban J connectivity index is 0. The first-order valence-electron chi connectivity index (χ1n) is 28.5. The van der Waals surface area contributed by atoms with Gasteiger partial charge in [0.15, 0.2) is 0 Å². The molecule has 21 nitrogen and oxygen atoms in total. The molecule has 25 heteroatoms. The molecule has 82 heavy (non-hydrogen) atoms. The number of carbonyl (C=O) groups is 7. The summed E-state index contributed by atoms with van der Waals surface area (Å²) in [5, 5.41) is 37.5. The number of hydrogen-bond acceptors (Lipinski definition) is 14. The van der Waals surface area contributed by atoms with Crippen molar-refractivity contribution in [3.8, 4) is 5.75 Å². The van der Waals surface area contributed by atoms with Gasteiger partial charge in [0.25, 0.3) is 5.91 Å². The van der Waals surface area contributed by atoms with Gasteiger partial charge in [-0.3, -0.25) is 49.6 Å². The van der Waals surface area contributed by atoms with Crippen LogP contribution in [0.3, 0.4) is 0 Å². The summed E-state index contributed by atoms with van der Waals surface area (Å²) in [7, 11) is -4.17. The molecule has 2 aromatic carbocycles. The molecule has 0 spiro atoms. The Morgan fingerprint density at radius 1 is 0.793 bits per heavy atom. The van der Waals surface area contributed by atoms with Crippen molar-refractivity contribution in [2.45, 2.75) is 183 Å². The topological polar surface area (TPSA) is 298 Å². The van der Waals surface area contributed by atoms with Crippen LogP contribution in [0.25, 0.3) is 0 Å². The Hall–Kier alpha value is -4.92. The van der Waals surface area contributed by atoms with E-state index in [0.29, 0.717) is 68.8 Å². The molecule has 7 N–H and O–H groups in total. The third-order valence-electron chi connectivity index (χ3n) is 12.6. The molecule has 1 aliphatic heterocycles. The number of likely N-dealkylation sites (tertiary alicyclic amines) is 1. The van der Waals surface area contributed by atoms with Crippen LogP contribution >= 0.6 is 0 Å². The third-order valence-corrected chi connectivity index (χ3v) is 13.0. The van der Waals surface area contributed by atoms with E-state index in [9.17, 15) is 50.9 Å². The number of unbranched alkanes of at least 4 members (excludes halogenated alkanes) is 3. The zero-order chi connectivity index (χ0) is 61.2. The molecule has 3 rings (SSSR count). The van der Waals surface area contributed by atoms with E-state index in [-0.39, 0.29) is 92.5 Å². The Bertz CT molecular complexity index is 2270. The summed E-state index contributed by atoms with van der Waals surface area (Å²) in [5.74, 6) is -3.36. The van der Waals surface area contributed by atoms with Crippen molar-refractivity contribution < 1.29 is 101 Å². The summed E-state index contributed by atoms with van der Waals surface area (Å²) in [6.45, 7) is 20.6. The molecule has 5 amide bonds. The predicted octanol–water partition coefficient (Wildman–Crippen LogP) is 6.09. The fraction of sp³-hybridized carbons (Fsp3) is 0.649. The number of nitrogens with zero attached hydrogens (tertiary/aromatic N) is 3. The van der Waals surface area contributed by atoms with Crippen LogP contribution in [0.5, 0.6) is 5.75 Å². The van der Waals surface area contributed by atoms with E-state index >= 15 is 0 Å². The number of nitrogens with one attached hydrogen (secondary N) is 4. The summed E-state index contributed by atoms with van der Waals surface area (Å²) in [6, 6.07) is 10.4. The molecule has 1 heterocycles. The largest absolute Gasteiger partial charge is 0.542 e. The third kappa shape index (κ3) is 38.8. The minimum Gasteiger partial charge on any atom is -0.542 e. The number of hydrogen-bond donors (Lipinski definition) is 7. The smallest absolute Gasteiger partial charge is 0.488 e. The molecule has 1 saturated heterocycles. The SMILES string of the molecule is CCC(C)CC(=O)O.CCCCCN(CCC)CC(=O)NCCCCC(NC(=O)CCc1ccc(OS(=O)(=O)F)cc1)C(=O)NCc1cccc(C(=O)NC(C)C(=O)N2CCCC2[B]O)c1.CCCN(CCC)CC(=O)O.CC[C-]=O.[U]. The normalized spacial score (nSPS) is 13.6. The maximum absolute atomic E-state index is 13.5. The maximum Gasteiger partial charge on any atom is 0.488 e. The van der Waals surface area contributed by atoms with Gasteiger partial charge in [-0.05, 0) is 139 Å². The number of carboxylic acids is 2. The van der Waals surface area contributed by atoms with Crippen LogP contribution in [-0.2, 0) is 57.0 Å². The first-order valence-corrected chi connectivity index (χ1v) is 29.8. The molecule has 461 valence electrons. The van der Waals surface area contributed by atoms with Gasteiger partial charge in [-0.15, -0.1) is 0 Å². The minimum atomic E-state index is -5.17.